The largest absolute Gasteiger partial charge is 0.414 e. The second-order valence-corrected chi connectivity index (χ2v) is 2.91. The Labute approximate surface area is 81.1 Å². The predicted octanol–water partition coefficient (Wildman–Crippen LogP) is 1.80. The van der Waals surface area contributed by atoms with Gasteiger partial charge in [-0.2, -0.15) is 0 Å². The van der Waals surface area contributed by atoms with Crippen LogP contribution in [0.4, 0.5) is 4.79 Å². The molecule has 1 heterocycles. The maximum atomic E-state index is 11.1. The van der Waals surface area contributed by atoms with Crippen molar-refractivity contribution in [1.82, 2.24) is 9.88 Å². The lowest BCUT2D eigenvalue weighted by Crippen LogP contribution is -2.25. The highest BCUT2D eigenvalue weighted by molar-refractivity contribution is 6.30. The Balaban J connectivity index is 2.75. The quantitative estimate of drug-likeness (QED) is 0.650. The second kappa shape index (κ2) is 4.09. The Kier molecular flexibility index (Phi) is 3.08. The van der Waals surface area contributed by atoms with Crippen molar-refractivity contribution in [3.05, 3.63) is 23.5 Å². The number of aromatic nitrogens is 1. The number of ether oxygens (including phenoxy) is 1. The van der Waals surface area contributed by atoms with E-state index in [-0.39, 0.29) is 10.9 Å². The van der Waals surface area contributed by atoms with E-state index in [1.54, 1.807) is 26.2 Å². The maximum absolute atomic E-state index is 11.1. The summed E-state index contributed by atoms with van der Waals surface area (Å²) < 4.78 is 4.90. The van der Waals surface area contributed by atoms with Crippen LogP contribution < -0.4 is 4.74 Å². The number of pyridine rings is 1. The monoisotopic (exact) mass is 200 g/mol. The van der Waals surface area contributed by atoms with Gasteiger partial charge in [0.05, 0.1) is 0 Å². The summed E-state index contributed by atoms with van der Waals surface area (Å²) in [7, 11) is 3.18. The predicted molar refractivity (Wildman–Crippen MR) is 49.0 cm³/mol. The van der Waals surface area contributed by atoms with Crippen LogP contribution in [0.15, 0.2) is 18.3 Å². The highest BCUT2D eigenvalue weighted by Gasteiger charge is 2.09. The molecular formula is C8H9ClN2O2. The number of nitrogens with zero attached hydrogens (tertiary/aromatic N) is 2. The van der Waals surface area contributed by atoms with Crippen LogP contribution in [0.25, 0.3) is 0 Å². The summed E-state index contributed by atoms with van der Waals surface area (Å²) in [4.78, 5) is 16.2. The van der Waals surface area contributed by atoms with Crippen molar-refractivity contribution >= 4 is 17.7 Å². The zero-order valence-corrected chi connectivity index (χ0v) is 8.08. The molecule has 0 aromatic carbocycles. The van der Waals surface area contributed by atoms with E-state index >= 15 is 0 Å². The van der Waals surface area contributed by atoms with Gasteiger partial charge in [0, 0.05) is 20.3 Å². The van der Waals surface area contributed by atoms with Crippen LogP contribution in [0.1, 0.15) is 0 Å². The Bertz CT molecular complexity index is 315. The molecule has 0 aliphatic rings. The molecule has 0 aliphatic heterocycles. The van der Waals surface area contributed by atoms with Crippen LogP contribution in [0.5, 0.6) is 5.75 Å². The number of rotatable bonds is 1. The van der Waals surface area contributed by atoms with E-state index in [1.165, 1.54) is 11.1 Å². The van der Waals surface area contributed by atoms with Crippen molar-refractivity contribution in [3.63, 3.8) is 0 Å². The summed E-state index contributed by atoms with van der Waals surface area (Å²) in [5.41, 5.74) is 0. The van der Waals surface area contributed by atoms with Crippen LogP contribution >= 0.6 is 11.6 Å². The zero-order chi connectivity index (χ0) is 9.84. The van der Waals surface area contributed by atoms with Gasteiger partial charge in [-0.3, -0.25) is 0 Å². The van der Waals surface area contributed by atoms with Crippen LogP contribution in [-0.2, 0) is 0 Å². The van der Waals surface area contributed by atoms with Crippen molar-refractivity contribution in [1.29, 1.82) is 0 Å². The third kappa shape index (κ3) is 2.59. The van der Waals surface area contributed by atoms with Crippen molar-refractivity contribution < 1.29 is 9.53 Å². The first-order valence-corrected chi connectivity index (χ1v) is 3.98. The minimum absolute atomic E-state index is 0.178. The standard InChI is InChI=1S/C8H9ClN2O2/c1-11(2)8(12)13-6-4-3-5-10-7(6)9/h3-5H,1-2H3. The van der Waals surface area contributed by atoms with Gasteiger partial charge in [-0.15, -0.1) is 0 Å². The molecule has 1 amide bonds. The molecule has 0 unspecified atom stereocenters. The molecule has 0 N–H and O–H groups in total. The van der Waals surface area contributed by atoms with Crippen LogP contribution in [-0.4, -0.2) is 30.1 Å². The van der Waals surface area contributed by atoms with Gasteiger partial charge in [-0.25, -0.2) is 9.78 Å². The summed E-state index contributed by atoms with van der Waals surface area (Å²) >= 11 is 5.67. The van der Waals surface area contributed by atoms with Crippen LogP contribution in [0, 0.1) is 0 Å². The third-order valence-corrected chi connectivity index (χ3v) is 1.57. The SMILES string of the molecule is CN(C)C(=O)Oc1cccnc1Cl. The minimum atomic E-state index is -0.477. The summed E-state index contributed by atoms with van der Waals surface area (Å²) in [6, 6.07) is 3.22. The fourth-order valence-corrected chi connectivity index (χ4v) is 0.791. The average molecular weight is 201 g/mol. The smallest absolute Gasteiger partial charge is 0.407 e. The Morgan fingerprint density at radius 2 is 2.31 bits per heavy atom. The first kappa shape index (κ1) is 9.80. The molecule has 70 valence electrons. The average Bonchev–Trinajstić information content (AvgIpc) is 2.08. The van der Waals surface area contributed by atoms with Crippen molar-refractivity contribution in [2.24, 2.45) is 0 Å². The number of amides is 1. The zero-order valence-electron chi connectivity index (χ0n) is 7.32. The fourth-order valence-electron chi connectivity index (χ4n) is 0.633. The summed E-state index contributed by atoms with van der Waals surface area (Å²) in [5, 5.41) is 0.178. The molecule has 0 bridgehead atoms. The van der Waals surface area contributed by atoms with Gasteiger partial charge in [0.25, 0.3) is 0 Å². The van der Waals surface area contributed by atoms with E-state index in [1.807, 2.05) is 0 Å². The van der Waals surface area contributed by atoms with Crippen molar-refractivity contribution in [2.75, 3.05) is 14.1 Å². The first-order chi connectivity index (χ1) is 6.11. The molecule has 0 saturated heterocycles. The topological polar surface area (TPSA) is 42.4 Å². The lowest BCUT2D eigenvalue weighted by molar-refractivity contribution is 0.172. The third-order valence-electron chi connectivity index (χ3n) is 1.29. The molecule has 0 aliphatic carbocycles. The van der Waals surface area contributed by atoms with E-state index in [0.717, 1.165) is 0 Å². The van der Waals surface area contributed by atoms with Gasteiger partial charge in [0.15, 0.2) is 10.9 Å². The van der Waals surface area contributed by atoms with Gasteiger partial charge in [0.1, 0.15) is 0 Å². The highest BCUT2D eigenvalue weighted by Crippen LogP contribution is 2.20. The van der Waals surface area contributed by atoms with Gasteiger partial charge in [0.2, 0.25) is 0 Å². The van der Waals surface area contributed by atoms with E-state index < -0.39 is 6.09 Å². The van der Waals surface area contributed by atoms with Gasteiger partial charge < -0.3 is 9.64 Å². The van der Waals surface area contributed by atoms with E-state index in [9.17, 15) is 4.79 Å². The number of hydrogen-bond acceptors (Lipinski definition) is 3. The number of hydrogen-bond donors (Lipinski definition) is 0. The van der Waals surface area contributed by atoms with Gasteiger partial charge in [-0.05, 0) is 12.1 Å². The molecular weight excluding hydrogens is 192 g/mol. The number of carbonyl (C=O) groups is 1. The molecule has 0 radical (unpaired) electrons. The van der Waals surface area contributed by atoms with Crippen molar-refractivity contribution in [2.45, 2.75) is 0 Å². The van der Waals surface area contributed by atoms with Crippen LogP contribution in [0.3, 0.4) is 0 Å². The molecule has 4 nitrogen and oxygen atoms in total. The number of carbonyl (C=O) groups excluding carboxylic acids is 1. The molecule has 1 rings (SSSR count). The molecule has 13 heavy (non-hydrogen) atoms. The molecule has 0 atom stereocenters. The minimum Gasteiger partial charge on any atom is -0.407 e. The highest BCUT2D eigenvalue weighted by atomic mass is 35.5. The molecule has 0 spiro atoms. The van der Waals surface area contributed by atoms with Crippen LogP contribution in [0.2, 0.25) is 5.15 Å². The maximum Gasteiger partial charge on any atom is 0.414 e. The molecule has 0 fully saturated rings. The van der Waals surface area contributed by atoms with Gasteiger partial charge in [-0.1, -0.05) is 11.6 Å². The van der Waals surface area contributed by atoms with Gasteiger partial charge >= 0.3 is 6.09 Å². The number of halogens is 1. The fraction of sp³-hybridized carbons (Fsp3) is 0.250. The molecule has 0 saturated carbocycles. The first-order valence-electron chi connectivity index (χ1n) is 3.61. The Morgan fingerprint density at radius 1 is 1.62 bits per heavy atom. The summed E-state index contributed by atoms with van der Waals surface area (Å²) in [5.74, 6) is 0.267. The summed E-state index contributed by atoms with van der Waals surface area (Å²) in [6.07, 6.45) is 1.05. The molecule has 1 aromatic heterocycles. The molecule has 5 heteroatoms. The summed E-state index contributed by atoms with van der Waals surface area (Å²) in [6.45, 7) is 0. The lowest BCUT2D eigenvalue weighted by Gasteiger charge is -2.10. The Hall–Kier alpha value is -1.29. The van der Waals surface area contributed by atoms with Crippen molar-refractivity contribution in [3.8, 4) is 5.75 Å². The van der Waals surface area contributed by atoms with E-state index in [0.29, 0.717) is 0 Å². The molecule has 1 aromatic rings. The Morgan fingerprint density at radius 3 is 2.85 bits per heavy atom. The second-order valence-electron chi connectivity index (χ2n) is 2.55. The van der Waals surface area contributed by atoms with E-state index in [4.69, 9.17) is 16.3 Å². The van der Waals surface area contributed by atoms with E-state index in [2.05, 4.69) is 4.98 Å². The lowest BCUT2D eigenvalue weighted by atomic mass is 10.5. The normalized spacial score (nSPS) is 9.46.